The van der Waals surface area contributed by atoms with Gasteiger partial charge in [-0.1, -0.05) is 17.7 Å². The highest BCUT2D eigenvalue weighted by molar-refractivity contribution is 7.94. The molecule has 14 heteroatoms. The molecule has 0 saturated carbocycles. The van der Waals surface area contributed by atoms with Gasteiger partial charge in [-0.2, -0.15) is 13.2 Å². The Kier molecular flexibility index (Phi) is 6.90. The molecule has 4 aromatic rings. The third-order valence-corrected chi connectivity index (χ3v) is 8.80. The Morgan fingerprint density at radius 3 is 2.43 bits per heavy atom. The summed E-state index contributed by atoms with van der Waals surface area (Å²) < 4.78 is 81.8. The predicted molar refractivity (Wildman–Crippen MR) is 130 cm³/mol. The Balaban J connectivity index is 1.79. The second-order valence-electron chi connectivity index (χ2n) is 8.12. The van der Waals surface area contributed by atoms with Gasteiger partial charge < -0.3 is 4.98 Å². The second kappa shape index (κ2) is 9.54. The summed E-state index contributed by atoms with van der Waals surface area (Å²) in [5.74, 6) is -3.64. The average Bonchev–Trinajstić information content (AvgIpc) is 3.20. The molecule has 7 nitrogen and oxygen atoms in total. The summed E-state index contributed by atoms with van der Waals surface area (Å²) in [5, 5.41) is -0.143. The summed E-state index contributed by atoms with van der Waals surface area (Å²) in [6.07, 6.45) is -6.08. The van der Waals surface area contributed by atoms with Gasteiger partial charge in [0.2, 0.25) is 0 Å². The fourth-order valence-corrected chi connectivity index (χ4v) is 6.57. The lowest BCUT2D eigenvalue weighted by Crippen LogP contribution is -2.36. The lowest BCUT2D eigenvalue weighted by atomic mass is 10.0. The van der Waals surface area contributed by atoms with E-state index in [1.165, 1.54) is 30.3 Å². The number of Topliss-reactive ketones (excluding diaryl/α,β-unsaturated/α-hetero) is 1. The van der Waals surface area contributed by atoms with Crippen LogP contribution in [-0.4, -0.2) is 29.5 Å². The van der Waals surface area contributed by atoms with Crippen LogP contribution in [0, 0.1) is 12.7 Å². The highest BCUT2D eigenvalue weighted by Gasteiger charge is 2.37. The van der Waals surface area contributed by atoms with E-state index in [-0.39, 0.29) is 24.0 Å². The number of sulfone groups is 1. The number of benzene rings is 2. The number of hydrogen-bond acceptors (Lipinski definition) is 6. The number of hydrogen-bond donors (Lipinski definition) is 1. The number of thiophene rings is 1. The van der Waals surface area contributed by atoms with Crippen molar-refractivity contribution in [2.75, 3.05) is 5.75 Å². The number of nitrogens with zero attached hydrogens (tertiary/aromatic N) is 1. The van der Waals surface area contributed by atoms with Crippen molar-refractivity contribution in [1.29, 1.82) is 0 Å². The Morgan fingerprint density at radius 1 is 1.11 bits per heavy atom. The van der Waals surface area contributed by atoms with Gasteiger partial charge in [0.1, 0.15) is 21.5 Å². The lowest BCUT2D eigenvalue weighted by molar-refractivity contribution is -0.137. The van der Waals surface area contributed by atoms with Gasteiger partial charge in [0.15, 0.2) is 15.6 Å². The van der Waals surface area contributed by atoms with Crippen molar-refractivity contribution < 1.29 is 30.8 Å². The molecule has 0 spiro atoms. The first kappa shape index (κ1) is 26.8. The van der Waals surface area contributed by atoms with Gasteiger partial charge in [0.05, 0.1) is 20.8 Å². The molecule has 0 fully saturated rings. The van der Waals surface area contributed by atoms with Crippen LogP contribution in [0.25, 0.3) is 16.6 Å². The molecule has 37 heavy (non-hydrogen) atoms. The lowest BCUT2D eigenvalue weighted by Gasteiger charge is -2.17. The van der Waals surface area contributed by atoms with Crippen molar-refractivity contribution in [3.05, 3.63) is 90.1 Å². The van der Waals surface area contributed by atoms with Gasteiger partial charge in [-0.15, -0.1) is 11.3 Å². The number of halogens is 5. The van der Waals surface area contributed by atoms with Gasteiger partial charge in [-0.25, -0.2) is 22.2 Å². The largest absolute Gasteiger partial charge is 0.418 e. The molecule has 4 rings (SSSR count). The Morgan fingerprint density at radius 2 is 1.81 bits per heavy atom. The fraction of sp³-hybridized carbons (Fsp3) is 0.174. The number of nitrogens with one attached hydrogen (secondary N) is 1. The van der Waals surface area contributed by atoms with Crippen molar-refractivity contribution >= 4 is 49.5 Å². The number of aromatic nitrogens is 2. The third-order valence-electron chi connectivity index (χ3n) is 5.31. The highest BCUT2D eigenvalue weighted by Crippen LogP contribution is 2.36. The molecular formula is C23H15ClF4N2O5S2. The summed E-state index contributed by atoms with van der Waals surface area (Å²) in [5.41, 5.74) is -5.24. The van der Waals surface area contributed by atoms with Gasteiger partial charge in [-0.05, 0) is 54.4 Å². The van der Waals surface area contributed by atoms with E-state index in [1.54, 1.807) is 6.92 Å². The number of alkyl halides is 3. The number of ketones is 1. The zero-order valence-corrected chi connectivity index (χ0v) is 21.0. The van der Waals surface area contributed by atoms with E-state index in [4.69, 9.17) is 11.6 Å². The van der Waals surface area contributed by atoms with Crippen LogP contribution in [-0.2, 0) is 27.2 Å². The summed E-state index contributed by atoms with van der Waals surface area (Å²) in [6, 6.07) is 7.70. The quantitative estimate of drug-likeness (QED) is 0.343. The van der Waals surface area contributed by atoms with Crippen molar-refractivity contribution in [2.24, 2.45) is 0 Å². The molecule has 0 aliphatic carbocycles. The van der Waals surface area contributed by atoms with Crippen LogP contribution in [0.5, 0.6) is 0 Å². The van der Waals surface area contributed by atoms with Gasteiger partial charge >= 0.3 is 11.9 Å². The molecule has 0 saturated heterocycles. The SMILES string of the molecule is Cc1ccc2c(=O)n(-c3c(F)cc(CC(=O)CS(=O)(=O)c4ccc(Cl)s4)cc3C(F)(F)F)c(=O)[nH]c2c1. The number of carbonyl (C=O) groups excluding carboxylic acids is 1. The minimum atomic E-state index is -5.23. The van der Waals surface area contributed by atoms with Crippen LogP contribution in [0.2, 0.25) is 4.34 Å². The molecule has 2 heterocycles. The van der Waals surface area contributed by atoms with E-state index >= 15 is 4.39 Å². The van der Waals surface area contributed by atoms with Crippen molar-refractivity contribution in [3.63, 3.8) is 0 Å². The van der Waals surface area contributed by atoms with Crippen LogP contribution in [0.3, 0.4) is 0 Å². The van der Waals surface area contributed by atoms with Crippen LogP contribution >= 0.6 is 22.9 Å². The molecule has 0 unspecified atom stereocenters. The molecule has 0 atom stereocenters. The molecule has 2 aromatic heterocycles. The van der Waals surface area contributed by atoms with E-state index in [1.807, 2.05) is 0 Å². The first-order chi connectivity index (χ1) is 17.2. The number of rotatable bonds is 6. The van der Waals surface area contributed by atoms with Crippen molar-refractivity contribution in [1.82, 2.24) is 9.55 Å². The number of carbonyl (C=O) groups is 1. The Bertz CT molecular complexity index is 1790. The minimum absolute atomic E-state index is 0.0480. The average molecular weight is 575 g/mol. The van der Waals surface area contributed by atoms with E-state index in [9.17, 15) is 36.0 Å². The van der Waals surface area contributed by atoms with Crippen LogP contribution in [0.1, 0.15) is 16.7 Å². The maximum Gasteiger partial charge on any atom is 0.418 e. The molecule has 0 amide bonds. The number of aromatic amines is 1. The third kappa shape index (κ3) is 5.38. The molecule has 0 aliphatic rings. The fourth-order valence-electron chi connectivity index (χ4n) is 3.76. The molecule has 194 valence electrons. The van der Waals surface area contributed by atoms with Gasteiger partial charge in [0.25, 0.3) is 5.56 Å². The van der Waals surface area contributed by atoms with E-state index in [0.717, 1.165) is 0 Å². The molecule has 0 aliphatic heterocycles. The molecule has 0 radical (unpaired) electrons. The number of fused-ring (bicyclic) bond motifs is 1. The molecule has 2 aromatic carbocycles. The van der Waals surface area contributed by atoms with Crippen molar-refractivity contribution in [3.8, 4) is 5.69 Å². The smallest absolute Gasteiger partial charge is 0.306 e. The van der Waals surface area contributed by atoms with E-state index < -0.39 is 67.9 Å². The van der Waals surface area contributed by atoms with Gasteiger partial charge in [0, 0.05) is 6.42 Å². The van der Waals surface area contributed by atoms with Crippen LogP contribution < -0.4 is 11.2 Å². The van der Waals surface area contributed by atoms with Crippen LogP contribution in [0.15, 0.2) is 56.3 Å². The zero-order valence-electron chi connectivity index (χ0n) is 18.7. The summed E-state index contributed by atoms with van der Waals surface area (Å²) in [6.45, 7) is 1.67. The minimum Gasteiger partial charge on any atom is -0.306 e. The second-order valence-corrected chi connectivity index (χ2v) is 12.1. The molecule has 0 bridgehead atoms. The van der Waals surface area contributed by atoms with Gasteiger partial charge in [-0.3, -0.25) is 9.59 Å². The number of aryl methyl sites for hydroxylation is 1. The standard InChI is InChI=1S/C23H15ClF4N2O5S2/c1-11-2-3-14-17(6-11)29-22(33)30(21(14)32)20-15(23(26,27)28)8-12(9-16(20)25)7-13(31)10-37(34,35)19-5-4-18(24)36-19/h2-6,8-9H,7,10H2,1H3,(H,29,33). The Labute approximate surface area is 214 Å². The van der Waals surface area contributed by atoms with E-state index in [0.29, 0.717) is 29.0 Å². The zero-order chi connectivity index (χ0) is 27.3. The maximum atomic E-state index is 15.2. The van der Waals surface area contributed by atoms with Crippen molar-refractivity contribution in [2.45, 2.75) is 23.7 Å². The monoisotopic (exact) mass is 574 g/mol. The first-order valence-electron chi connectivity index (χ1n) is 10.3. The normalized spacial score (nSPS) is 12.3. The maximum absolute atomic E-state index is 15.2. The highest BCUT2D eigenvalue weighted by atomic mass is 35.5. The topological polar surface area (TPSA) is 106 Å². The summed E-state index contributed by atoms with van der Waals surface area (Å²) >= 11 is 6.42. The predicted octanol–water partition coefficient (Wildman–Crippen LogP) is 4.45. The summed E-state index contributed by atoms with van der Waals surface area (Å²) in [4.78, 5) is 40.2. The Hall–Kier alpha value is -3.29. The molecule has 1 N–H and O–H groups in total. The summed E-state index contributed by atoms with van der Waals surface area (Å²) in [7, 11) is -4.12. The van der Waals surface area contributed by atoms with Crippen LogP contribution in [0.4, 0.5) is 17.6 Å². The number of H-pyrrole nitrogens is 1. The van der Waals surface area contributed by atoms with E-state index in [2.05, 4.69) is 4.98 Å². The first-order valence-corrected chi connectivity index (χ1v) is 13.2. The molecular weight excluding hydrogens is 560 g/mol.